The van der Waals surface area contributed by atoms with E-state index >= 15 is 0 Å². The summed E-state index contributed by atoms with van der Waals surface area (Å²) in [6, 6.07) is 8.62. The number of nitrogens with two attached hydrogens (primary N) is 1. The summed E-state index contributed by atoms with van der Waals surface area (Å²) in [6.07, 6.45) is 4.11. The largest absolute Gasteiger partial charge is 0.493 e. The number of fused-ring (bicyclic) bond motifs is 1. The molecule has 0 aliphatic carbocycles. The second-order valence-corrected chi connectivity index (χ2v) is 5.37. The predicted molar refractivity (Wildman–Crippen MR) is 80.8 cm³/mol. The molecule has 1 aromatic carbocycles. The van der Waals surface area contributed by atoms with Crippen molar-refractivity contribution in [2.45, 2.75) is 44.6 Å². The Hall–Kier alpha value is -1.10. The standard InChI is InChI=1S/C16H26N2O2/c1-2-9-19-10-8-14(18-17)12-13-7-11-20-16-6-4-3-5-15(13)16/h3-6,13-14,18H,2,7-12,17H2,1H3. The van der Waals surface area contributed by atoms with E-state index in [0.717, 1.165) is 51.3 Å². The number of nitrogens with one attached hydrogen (secondary N) is 1. The van der Waals surface area contributed by atoms with Crippen LogP contribution in [0.25, 0.3) is 0 Å². The molecule has 3 N–H and O–H groups in total. The average molecular weight is 278 g/mol. The lowest BCUT2D eigenvalue weighted by atomic mass is 9.87. The van der Waals surface area contributed by atoms with E-state index < -0.39 is 0 Å². The van der Waals surface area contributed by atoms with Crippen LogP contribution >= 0.6 is 0 Å². The second kappa shape index (κ2) is 8.25. The molecule has 1 aliphatic rings. The van der Waals surface area contributed by atoms with Crippen molar-refractivity contribution < 1.29 is 9.47 Å². The maximum absolute atomic E-state index is 5.71. The van der Waals surface area contributed by atoms with Crippen molar-refractivity contribution >= 4 is 0 Å². The number of ether oxygens (including phenoxy) is 2. The zero-order chi connectivity index (χ0) is 14.2. The zero-order valence-electron chi connectivity index (χ0n) is 12.3. The minimum Gasteiger partial charge on any atom is -0.493 e. The molecule has 2 atom stereocenters. The fourth-order valence-electron chi connectivity index (χ4n) is 2.75. The van der Waals surface area contributed by atoms with Crippen LogP contribution in [0.5, 0.6) is 5.75 Å². The minimum atomic E-state index is 0.294. The summed E-state index contributed by atoms with van der Waals surface area (Å²) in [4.78, 5) is 0. The van der Waals surface area contributed by atoms with Crippen molar-refractivity contribution in [2.75, 3.05) is 19.8 Å². The highest BCUT2D eigenvalue weighted by Crippen LogP contribution is 2.36. The smallest absolute Gasteiger partial charge is 0.122 e. The summed E-state index contributed by atoms with van der Waals surface area (Å²) in [5.41, 5.74) is 4.25. The molecule has 1 aromatic rings. The molecule has 4 heteroatoms. The van der Waals surface area contributed by atoms with Crippen LogP contribution in [0.3, 0.4) is 0 Å². The van der Waals surface area contributed by atoms with Gasteiger partial charge in [-0.3, -0.25) is 11.3 Å². The van der Waals surface area contributed by atoms with Gasteiger partial charge in [-0.25, -0.2) is 0 Å². The first-order valence-electron chi connectivity index (χ1n) is 7.60. The Morgan fingerprint density at radius 3 is 3.05 bits per heavy atom. The van der Waals surface area contributed by atoms with Gasteiger partial charge in [-0.15, -0.1) is 0 Å². The fourth-order valence-corrected chi connectivity index (χ4v) is 2.75. The summed E-state index contributed by atoms with van der Waals surface area (Å²) in [5, 5.41) is 0. The number of hydrogen-bond donors (Lipinski definition) is 2. The molecule has 0 saturated heterocycles. The van der Waals surface area contributed by atoms with Gasteiger partial charge in [-0.1, -0.05) is 25.1 Å². The molecule has 112 valence electrons. The molecule has 0 spiro atoms. The van der Waals surface area contributed by atoms with Crippen molar-refractivity contribution in [1.29, 1.82) is 0 Å². The number of rotatable bonds is 8. The molecule has 0 bridgehead atoms. The van der Waals surface area contributed by atoms with Gasteiger partial charge < -0.3 is 9.47 Å². The Bertz CT molecular complexity index is 398. The van der Waals surface area contributed by atoms with Gasteiger partial charge in [0, 0.05) is 19.3 Å². The van der Waals surface area contributed by atoms with Crippen LogP contribution in [0.4, 0.5) is 0 Å². The summed E-state index contributed by atoms with van der Waals surface area (Å²) < 4.78 is 11.3. The third-order valence-corrected chi connectivity index (χ3v) is 3.85. The zero-order valence-corrected chi connectivity index (χ0v) is 12.3. The first-order chi connectivity index (χ1) is 9.85. The first kappa shape index (κ1) is 15.3. The molecule has 0 radical (unpaired) electrons. The lowest BCUT2D eigenvalue weighted by molar-refractivity contribution is 0.122. The van der Waals surface area contributed by atoms with Gasteiger partial charge >= 0.3 is 0 Å². The van der Waals surface area contributed by atoms with Gasteiger partial charge in [0.1, 0.15) is 5.75 Å². The van der Waals surface area contributed by atoms with Crippen LogP contribution < -0.4 is 16.0 Å². The van der Waals surface area contributed by atoms with Crippen LogP contribution in [-0.2, 0) is 4.74 Å². The Morgan fingerprint density at radius 1 is 1.40 bits per heavy atom. The molecular weight excluding hydrogens is 252 g/mol. The quantitative estimate of drug-likeness (QED) is 0.436. The van der Waals surface area contributed by atoms with E-state index in [0.29, 0.717) is 12.0 Å². The maximum atomic E-state index is 5.71. The first-order valence-corrected chi connectivity index (χ1v) is 7.60. The van der Waals surface area contributed by atoms with Crippen molar-refractivity contribution in [3.8, 4) is 5.75 Å². The van der Waals surface area contributed by atoms with Crippen LogP contribution in [0.2, 0.25) is 0 Å². The van der Waals surface area contributed by atoms with Crippen molar-refractivity contribution in [3.63, 3.8) is 0 Å². The van der Waals surface area contributed by atoms with Crippen LogP contribution in [-0.4, -0.2) is 25.9 Å². The van der Waals surface area contributed by atoms with Crippen LogP contribution in [0.15, 0.2) is 24.3 Å². The van der Waals surface area contributed by atoms with Gasteiger partial charge in [0.2, 0.25) is 0 Å². The third kappa shape index (κ3) is 4.20. The summed E-state index contributed by atoms with van der Waals surface area (Å²) >= 11 is 0. The summed E-state index contributed by atoms with van der Waals surface area (Å²) in [6.45, 7) is 4.52. The van der Waals surface area contributed by atoms with Crippen molar-refractivity contribution in [2.24, 2.45) is 5.84 Å². The number of hydrogen-bond acceptors (Lipinski definition) is 4. The third-order valence-electron chi connectivity index (χ3n) is 3.85. The lowest BCUT2D eigenvalue weighted by Gasteiger charge is -2.28. The Kier molecular flexibility index (Phi) is 6.30. The predicted octanol–water partition coefficient (Wildman–Crippen LogP) is 2.59. The molecule has 0 amide bonds. The van der Waals surface area contributed by atoms with Crippen LogP contribution in [0.1, 0.15) is 44.1 Å². The SMILES string of the molecule is CCCOCCC(CC1CCOc2ccccc21)NN. The molecule has 2 rings (SSSR count). The molecule has 0 saturated carbocycles. The second-order valence-electron chi connectivity index (χ2n) is 5.37. The van der Waals surface area contributed by atoms with Crippen LogP contribution in [0, 0.1) is 0 Å². The van der Waals surface area contributed by atoms with E-state index in [2.05, 4.69) is 30.5 Å². The fraction of sp³-hybridized carbons (Fsp3) is 0.625. The Balaban J connectivity index is 1.88. The number of para-hydroxylation sites is 1. The molecular formula is C16H26N2O2. The monoisotopic (exact) mass is 278 g/mol. The topological polar surface area (TPSA) is 56.5 Å². The molecule has 0 aromatic heterocycles. The normalized spacial score (nSPS) is 19.2. The highest BCUT2D eigenvalue weighted by molar-refractivity contribution is 5.37. The summed E-state index contributed by atoms with van der Waals surface area (Å²) in [5.74, 6) is 7.24. The van der Waals surface area contributed by atoms with E-state index in [9.17, 15) is 0 Å². The number of hydrazine groups is 1. The average Bonchev–Trinajstić information content (AvgIpc) is 2.50. The molecule has 1 aliphatic heterocycles. The van der Waals surface area contributed by atoms with Crippen molar-refractivity contribution in [3.05, 3.63) is 29.8 Å². The van der Waals surface area contributed by atoms with E-state index in [1.54, 1.807) is 0 Å². The minimum absolute atomic E-state index is 0.294. The van der Waals surface area contributed by atoms with E-state index in [-0.39, 0.29) is 0 Å². The summed E-state index contributed by atoms with van der Waals surface area (Å²) in [7, 11) is 0. The molecule has 4 nitrogen and oxygen atoms in total. The van der Waals surface area contributed by atoms with E-state index in [1.807, 2.05) is 6.07 Å². The highest BCUT2D eigenvalue weighted by Gasteiger charge is 2.23. The van der Waals surface area contributed by atoms with Gasteiger partial charge in [0.15, 0.2) is 0 Å². The maximum Gasteiger partial charge on any atom is 0.122 e. The highest BCUT2D eigenvalue weighted by atomic mass is 16.5. The van der Waals surface area contributed by atoms with Gasteiger partial charge in [-0.05, 0) is 43.2 Å². The Morgan fingerprint density at radius 2 is 2.25 bits per heavy atom. The van der Waals surface area contributed by atoms with Gasteiger partial charge in [0.05, 0.1) is 6.61 Å². The van der Waals surface area contributed by atoms with Crippen molar-refractivity contribution in [1.82, 2.24) is 5.43 Å². The number of benzene rings is 1. The molecule has 0 fully saturated rings. The molecule has 20 heavy (non-hydrogen) atoms. The molecule has 2 unspecified atom stereocenters. The lowest BCUT2D eigenvalue weighted by Crippen LogP contribution is -2.37. The Labute approximate surface area is 121 Å². The molecule has 1 heterocycles. The van der Waals surface area contributed by atoms with Gasteiger partial charge in [-0.2, -0.15) is 0 Å². The van der Waals surface area contributed by atoms with E-state index in [1.165, 1.54) is 5.56 Å². The van der Waals surface area contributed by atoms with Gasteiger partial charge in [0.25, 0.3) is 0 Å². The van der Waals surface area contributed by atoms with E-state index in [4.69, 9.17) is 15.3 Å².